The van der Waals surface area contributed by atoms with Gasteiger partial charge in [-0.2, -0.15) is 18.4 Å². The molecule has 0 fully saturated rings. The van der Waals surface area contributed by atoms with Gasteiger partial charge in [-0.3, -0.25) is 0 Å². The Bertz CT molecular complexity index is 569. The van der Waals surface area contributed by atoms with Gasteiger partial charge in [-0.1, -0.05) is 0 Å². The van der Waals surface area contributed by atoms with Gasteiger partial charge < -0.3 is 10.1 Å². The fraction of sp³-hybridized carbons (Fsp3) is 0.429. The van der Waals surface area contributed by atoms with Crippen molar-refractivity contribution in [1.82, 2.24) is 5.32 Å². The summed E-state index contributed by atoms with van der Waals surface area (Å²) < 4.78 is 43.0. The van der Waals surface area contributed by atoms with Gasteiger partial charge in [0.2, 0.25) is 0 Å². The molecule has 0 bridgehead atoms. The van der Waals surface area contributed by atoms with E-state index < -0.39 is 23.4 Å². The van der Waals surface area contributed by atoms with Crippen molar-refractivity contribution < 1.29 is 22.7 Å². The molecular weight excluding hydrogens is 285 g/mol. The fourth-order valence-electron chi connectivity index (χ4n) is 1.51. The summed E-state index contributed by atoms with van der Waals surface area (Å²) in [5.41, 5.74) is -1.57. The number of rotatable bonds is 2. The first-order chi connectivity index (χ1) is 9.51. The minimum absolute atomic E-state index is 0.120. The van der Waals surface area contributed by atoms with E-state index in [4.69, 9.17) is 10.00 Å². The zero-order valence-corrected chi connectivity index (χ0v) is 11.8. The van der Waals surface area contributed by atoms with Crippen molar-refractivity contribution in [3.63, 3.8) is 0 Å². The SMILES string of the molecule is CC(C)(C)OC(=O)NCc1cc(C#N)cc(C(F)(F)F)c1. The minimum atomic E-state index is -4.55. The number of carbonyl (C=O) groups excluding carboxylic acids is 1. The number of amides is 1. The van der Waals surface area contributed by atoms with Crippen LogP contribution in [0.25, 0.3) is 0 Å². The molecule has 1 aromatic rings. The van der Waals surface area contributed by atoms with E-state index in [-0.39, 0.29) is 17.7 Å². The molecule has 0 heterocycles. The Balaban J connectivity index is 2.85. The number of nitrogens with zero attached hydrogens (tertiary/aromatic N) is 1. The number of hydrogen-bond acceptors (Lipinski definition) is 3. The molecule has 4 nitrogen and oxygen atoms in total. The Kier molecular flexibility index (Phi) is 4.84. The highest BCUT2D eigenvalue weighted by Gasteiger charge is 2.31. The topological polar surface area (TPSA) is 62.1 Å². The predicted molar refractivity (Wildman–Crippen MR) is 69.2 cm³/mol. The third kappa shape index (κ3) is 5.73. The van der Waals surface area contributed by atoms with Gasteiger partial charge >= 0.3 is 12.3 Å². The largest absolute Gasteiger partial charge is 0.444 e. The normalized spacial score (nSPS) is 11.7. The summed E-state index contributed by atoms with van der Waals surface area (Å²) in [7, 11) is 0. The molecule has 0 aromatic heterocycles. The number of nitrogens with one attached hydrogen (secondary N) is 1. The summed E-state index contributed by atoms with van der Waals surface area (Å²) in [4.78, 5) is 11.4. The smallest absolute Gasteiger partial charge is 0.416 e. The highest BCUT2D eigenvalue weighted by molar-refractivity contribution is 5.67. The van der Waals surface area contributed by atoms with E-state index in [0.29, 0.717) is 0 Å². The molecule has 1 N–H and O–H groups in total. The van der Waals surface area contributed by atoms with Gasteiger partial charge in [0.25, 0.3) is 0 Å². The van der Waals surface area contributed by atoms with Crippen molar-refractivity contribution in [3.8, 4) is 6.07 Å². The van der Waals surface area contributed by atoms with Crippen LogP contribution in [0.1, 0.15) is 37.5 Å². The Morgan fingerprint density at radius 1 is 1.29 bits per heavy atom. The zero-order chi connectivity index (χ0) is 16.3. The molecule has 0 radical (unpaired) electrons. The van der Waals surface area contributed by atoms with Crippen LogP contribution in [0.3, 0.4) is 0 Å². The summed E-state index contributed by atoms with van der Waals surface area (Å²) in [5.74, 6) is 0. The molecule has 0 saturated carbocycles. The molecule has 0 aliphatic heterocycles. The van der Waals surface area contributed by atoms with Crippen molar-refractivity contribution in [2.24, 2.45) is 0 Å². The maximum Gasteiger partial charge on any atom is 0.416 e. The second-order valence-corrected chi connectivity index (χ2v) is 5.38. The van der Waals surface area contributed by atoms with Crippen molar-refractivity contribution in [1.29, 1.82) is 5.26 Å². The van der Waals surface area contributed by atoms with E-state index in [1.807, 2.05) is 0 Å². The van der Waals surface area contributed by atoms with Gasteiger partial charge in [-0.05, 0) is 44.5 Å². The first kappa shape index (κ1) is 16.8. The van der Waals surface area contributed by atoms with Gasteiger partial charge in [-0.15, -0.1) is 0 Å². The molecule has 1 amide bonds. The third-order valence-corrected chi connectivity index (χ3v) is 2.28. The molecular formula is C14H15F3N2O2. The molecule has 7 heteroatoms. The molecule has 21 heavy (non-hydrogen) atoms. The number of alkyl carbamates (subject to hydrolysis) is 1. The molecule has 114 valence electrons. The van der Waals surface area contributed by atoms with Crippen molar-refractivity contribution in [2.75, 3.05) is 0 Å². The number of hydrogen-bond donors (Lipinski definition) is 1. The fourth-order valence-corrected chi connectivity index (χ4v) is 1.51. The van der Waals surface area contributed by atoms with Gasteiger partial charge in [0.15, 0.2) is 0 Å². The van der Waals surface area contributed by atoms with E-state index in [0.717, 1.165) is 12.1 Å². The Morgan fingerprint density at radius 2 is 1.90 bits per heavy atom. The summed E-state index contributed by atoms with van der Waals surface area (Å²) in [6.07, 6.45) is -5.29. The molecule has 0 atom stereocenters. The second-order valence-electron chi connectivity index (χ2n) is 5.38. The average molecular weight is 300 g/mol. The van der Waals surface area contributed by atoms with Gasteiger partial charge in [0.1, 0.15) is 5.60 Å². The van der Waals surface area contributed by atoms with Crippen LogP contribution in [0.5, 0.6) is 0 Å². The maximum absolute atomic E-state index is 12.7. The summed E-state index contributed by atoms with van der Waals surface area (Å²) >= 11 is 0. The lowest BCUT2D eigenvalue weighted by Gasteiger charge is -2.19. The van der Waals surface area contributed by atoms with Crippen LogP contribution in [0, 0.1) is 11.3 Å². The number of ether oxygens (including phenoxy) is 1. The molecule has 0 aliphatic rings. The van der Waals surface area contributed by atoms with Gasteiger partial charge in [0.05, 0.1) is 17.2 Å². The van der Waals surface area contributed by atoms with E-state index >= 15 is 0 Å². The van der Waals surface area contributed by atoms with Crippen LogP contribution < -0.4 is 5.32 Å². The van der Waals surface area contributed by atoms with Crippen molar-refractivity contribution >= 4 is 6.09 Å². The lowest BCUT2D eigenvalue weighted by molar-refractivity contribution is -0.137. The number of benzene rings is 1. The molecule has 0 unspecified atom stereocenters. The number of carbonyl (C=O) groups is 1. The van der Waals surface area contributed by atoms with Gasteiger partial charge in [-0.25, -0.2) is 4.79 Å². The molecule has 0 aliphatic carbocycles. The Morgan fingerprint density at radius 3 is 2.38 bits per heavy atom. The quantitative estimate of drug-likeness (QED) is 0.907. The summed E-state index contributed by atoms with van der Waals surface area (Å²) in [6.45, 7) is 4.85. The highest BCUT2D eigenvalue weighted by atomic mass is 19.4. The predicted octanol–water partition coefficient (Wildman–Crippen LogP) is 3.60. The highest BCUT2D eigenvalue weighted by Crippen LogP contribution is 2.30. The van der Waals surface area contributed by atoms with E-state index in [9.17, 15) is 18.0 Å². The Labute approximate surface area is 120 Å². The van der Waals surface area contributed by atoms with Gasteiger partial charge in [0, 0.05) is 6.54 Å². The van der Waals surface area contributed by atoms with E-state index in [2.05, 4.69) is 5.32 Å². The minimum Gasteiger partial charge on any atom is -0.444 e. The van der Waals surface area contributed by atoms with Crippen molar-refractivity contribution in [3.05, 3.63) is 34.9 Å². The molecule has 0 saturated heterocycles. The number of alkyl halides is 3. The first-order valence-corrected chi connectivity index (χ1v) is 6.09. The molecule has 1 aromatic carbocycles. The standard InChI is InChI=1S/C14H15F3N2O2/c1-13(2,3)21-12(20)19-8-10-4-9(7-18)5-11(6-10)14(15,16)17/h4-6H,8H2,1-3H3,(H,19,20). The number of halogens is 3. The summed E-state index contributed by atoms with van der Waals surface area (Å²) in [6, 6.07) is 4.59. The van der Waals surface area contributed by atoms with Crippen LogP contribution in [0.15, 0.2) is 18.2 Å². The van der Waals surface area contributed by atoms with Crippen LogP contribution in [0.4, 0.5) is 18.0 Å². The summed E-state index contributed by atoms with van der Waals surface area (Å²) in [5, 5.41) is 11.1. The second kappa shape index (κ2) is 6.04. The molecule has 1 rings (SSSR count). The van der Waals surface area contributed by atoms with E-state index in [1.54, 1.807) is 26.8 Å². The van der Waals surface area contributed by atoms with Crippen molar-refractivity contribution in [2.45, 2.75) is 39.1 Å². The van der Waals surface area contributed by atoms with Crippen LogP contribution >= 0.6 is 0 Å². The van der Waals surface area contributed by atoms with Crippen LogP contribution in [0.2, 0.25) is 0 Å². The average Bonchev–Trinajstić information content (AvgIpc) is 2.33. The maximum atomic E-state index is 12.7. The monoisotopic (exact) mass is 300 g/mol. The van der Waals surface area contributed by atoms with E-state index in [1.165, 1.54) is 6.07 Å². The lowest BCUT2D eigenvalue weighted by atomic mass is 10.1. The first-order valence-electron chi connectivity index (χ1n) is 6.09. The van der Waals surface area contributed by atoms with Crippen LogP contribution in [-0.2, 0) is 17.5 Å². The third-order valence-electron chi connectivity index (χ3n) is 2.28. The molecule has 0 spiro atoms. The Hall–Kier alpha value is -2.23. The lowest BCUT2D eigenvalue weighted by Crippen LogP contribution is -2.32. The number of nitriles is 1. The van der Waals surface area contributed by atoms with Crippen LogP contribution in [-0.4, -0.2) is 11.7 Å². The zero-order valence-electron chi connectivity index (χ0n) is 11.8.